The van der Waals surface area contributed by atoms with Crippen molar-refractivity contribution >= 4 is 29.8 Å². The van der Waals surface area contributed by atoms with E-state index >= 15 is 0 Å². The van der Waals surface area contributed by atoms with Gasteiger partial charge in [-0.15, -0.1) is 0 Å². The topological polar surface area (TPSA) is 218 Å². The largest absolute Gasteiger partial charge is 0.508 e. The number of nitrogen functional groups attached to an aromatic ring is 1. The van der Waals surface area contributed by atoms with Gasteiger partial charge in [0.2, 0.25) is 0 Å². The third-order valence-electron chi connectivity index (χ3n) is 4.85. The third kappa shape index (κ3) is 12.5. The number of anilines is 1. The van der Waals surface area contributed by atoms with Crippen LogP contribution in [0.1, 0.15) is 51.3 Å². The van der Waals surface area contributed by atoms with E-state index < -0.39 is 18.5 Å². The van der Waals surface area contributed by atoms with E-state index in [1.807, 2.05) is 12.1 Å². The normalized spacial score (nSPS) is 16.0. The molecule has 2 aromatic heterocycles. The van der Waals surface area contributed by atoms with E-state index in [-0.39, 0.29) is 38.1 Å². The lowest BCUT2D eigenvalue weighted by Crippen LogP contribution is -2.21. The summed E-state index contributed by atoms with van der Waals surface area (Å²) in [7, 11) is 0. The van der Waals surface area contributed by atoms with Gasteiger partial charge >= 0.3 is 18.5 Å². The minimum atomic E-state index is -1.30. The van der Waals surface area contributed by atoms with E-state index in [1.54, 1.807) is 30.5 Å². The van der Waals surface area contributed by atoms with Crippen LogP contribution in [0.3, 0.4) is 0 Å². The molecule has 15 heteroatoms. The number of carbonyl (C=O) groups is 3. The highest BCUT2D eigenvalue weighted by molar-refractivity contribution is 5.65. The predicted octanol–water partition coefficient (Wildman–Crippen LogP) is 3.94. The maximum Gasteiger partial charge on any atom is 0.508 e. The van der Waals surface area contributed by atoms with Gasteiger partial charge in [-0.2, -0.15) is 5.10 Å². The van der Waals surface area contributed by atoms with Crippen molar-refractivity contribution in [3.63, 3.8) is 0 Å². The Balaban J connectivity index is 0.000000411. The molecule has 15 nitrogen and oxygen atoms in total. The van der Waals surface area contributed by atoms with Crippen LogP contribution in [0, 0.1) is 11.8 Å². The molecule has 3 heterocycles. The van der Waals surface area contributed by atoms with Crippen molar-refractivity contribution in [3.05, 3.63) is 36.3 Å². The Morgan fingerprint density at radius 1 is 1.13 bits per heavy atom. The minimum absolute atomic E-state index is 0.103. The summed E-state index contributed by atoms with van der Waals surface area (Å²) < 4.78 is 26.1. The molecule has 2 unspecified atom stereocenters. The van der Waals surface area contributed by atoms with Gasteiger partial charge in [0.05, 0.1) is 31.1 Å². The Morgan fingerprint density at radius 2 is 1.74 bits per heavy atom. The van der Waals surface area contributed by atoms with Crippen LogP contribution in [-0.4, -0.2) is 75.3 Å². The molecule has 1 aliphatic heterocycles. The van der Waals surface area contributed by atoms with Crippen LogP contribution in [-0.2, 0) is 23.7 Å². The molecule has 214 valence electrons. The van der Waals surface area contributed by atoms with Crippen molar-refractivity contribution in [1.82, 2.24) is 14.6 Å². The number of hydrogen-bond donors (Lipinski definition) is 3. The van der Waals surface area contributed by atoms with Crippen LogP contribution in [0.25, 0.3) is 5.52 Å². The molecule has 4 N–H and O–H groups in total. The Morgan fingerprint density at radius 3 is 2.31 bits per heavy atom. The summed E-state index contributed by atoms with van der Waals surface area (Å²) in [6.07, 6.45) is 3.67. The first-order valence-electron chi connectivity index (χ1n) is 11.9. The van der Waals surface area contributed by atoms with Crippen LogP contribution in [0.4, 0.5) is 20.2 Å². The number of nitrogens with two attached hydrogens (primary N) is 1. The number of rotatable bonds is 10. The van der Waals surface area contributed by atoms with E-state index in [0.717, 1.165) is 24.1 Å². The van der Waals surface area contributed by atoms with Crippen molar-refractivity contribution in [2.45, 2.75) is 57.8 Å². The average molecular weight is 552 g/mol. The molecule has 0 aromatic carbocycles. The van der Waals surface area contributed by atoms with Gasteiger partial charge in [-0.1, -0.05) is 12.2 Å². The monoisotopic (exact) mass is 551 g/mol. The zero-order valence-corrected chi connectivity index (χ0v) is 21.7. The number of carboxylic acid groups (broad SMARTS) is 2. The minimum Gasteiger partial charge on any atom is -0.450 e. The molecule has 0 bridgehead atoms. The highest BCUT2D eigenvalue weighted by Crippen LogP contribution is 2.33. The number of fused-ring (bicyclic) bond motifs is 1. The SMILES string of the molecule is C#N.CC(C)OC(=O)OCC1CCC(c2ccc3c(N)ncnn23)O1.O=C(O)OCC/C=C\CCOC(=O)O. The van der Waals surface area contributed by atoms with E-state index in [4.69, 9.17) is 35.4 Å². The maximum atomic E-state index is 11.4. The molecule has 0 saturated carbocycles. The Kier molecular flexibility index (Phi) is 14.8. The molecular weight excluding hydrogens is 518 g/mol. The molecule has 1 aliphatic rings. The molecule has 39 heavy (non-hydrogen) atoms. The van der Waals surface area contributed by atoms with E-state index in [9.17, 15) is 14.4 Å². The summed E-state index contributed by atoms with van der Waals surface area (Å²) in [6, 6.07) is 3.80. The Labute approximate surface area is 224 Å². The van der Waals surface area contributed by atoms with Crippen LogP contribution in [0.2, 0.25) is 0 Å². The molecule has 2 aromatic rings. The van der Waals surface area contributed by atoms with Gasteiger partial charge in [0, 0.05) is 6.57 Å². The van der Waals surface area contributed by atoms with Crippen LogP contribution < -0.4 is 5.73 Å². The first-order valence-corrected chi connectivity index (χ1v) is 11.9. The van der Waals surface area contributed by atoms with Crippen LogP contribution >= 0.6 is 0 Å². The standard InChI is InChI=1S/C15H20N4O4.C8H12O6.CHN/c1-9(2)22-15(20)21-7-10-3-6-13(23-10)11-4-5-12-14(16)17-8-18-19(11)12;9-7(10)13-5-3-1-2-4-6-14-8(11)12;1-2/h4-5,8-10,13H,3,6-7H2,1-2H3,(H2,16,17,18);1-2H,3-6H2,(H,9,10)(H,11,12);1H/b;2-1-;. The average Bonchev–Trinajstić information content (AvgIpc) is 3.53. The molecule has 0 aliphatic carbocycles. The summed E-state index contributed by atoms with van der Waals surface area (Å²) in [5.41, 5.74) is 7.51. The van der Waals surface area contributed by atoms with Gasteiger partial charge in [0.25, 0.3) is 0 Å². The van der Waals surface area contributed by atoms with Gasteiger partial charge < -0.3 is 39.6 Å². The summed E-state index contributed by atoms with van der Waals surface area (Å²) in [5.74, 6) is 0.431. The first-order chi connectivity index (χ1) is 18.7. The fourth-order valence-corrected chi connectivity index (χ4v) is 3.31. The molecule has 0 radical (unpaired) electrons. The highest BCUT2D eigenvalue weighted by Gasteiger charge is 2.30. The number of hydrogen-bond acceptors (Lipinski definition) is 12. The number of ether oxygens (including phenoxy) is 5. The molecule has 0 amide bonds. The first kappa shape index (κ1) is 32.4. The molecular formula is C24H33N5O10. The van der Waals surface area contributed by atoms with Crippen molar-refractivity contribution in [1.29, 1.82) is 5.26 Å². The molecule has 1 saturated heterocycles. The number of aromatic nitrogens is 3. The molecule has 0 spiro atoms. The van der Waals surface area contributed by atoms with Crippen molar-refractivity contribution in [3.8, 4) is 6.57 Å². The lowest BCUT2D eigenvalue weighted by molar-refractivity contribution is -0.0236. The van der Waals surface area contributed by atoms with Gasteiger partial charge in [-0.05, 0) is 51.7 Å². The number of nitrogens with zero attached hydrogens (tertiary/aromatic N) is 4. The van der Waals surface area contributed by atoms with E-state index in [2.05, 4.69) is 26.1 Å². The van der Waals surface area contributed by atoms with E-state index in [0.29, 0.717) is 18.7 Å². The van der Waals surface area contributed by atoms with E-state index in [1.165, 1.54) is 6.33 Å². The van der Waals surface area contributed by atoms with Gasteiger partial charge in [-0.25, -0.2) is 29.1 Å². The van der Waals surface area contributed by atoms with Gasteiger partial charge in [0.15, 0.2) is 5.82 Å². The second-order valence-corrected chi connectivity index (χ2v) is 8.03. The fraction of sp³-hybridized carbons (Fsp3) is 0.500. The second-order valence-electron chi connectivity index (χ2n) is 8.03. The molecule has 3 rings (SSSR count). The summed E-state index contributed by atoms with van der Waals surface area (Å²) in [5, 5.41) is 26.9. The van der Waals surface area contributed by atoms with Crippen molar-refractivity contribution < 1.29 is 48.3 Å². The van der Waals surface area contributed by atoms with Crippen molar-refractivity contribution in [2.75, 3.05) is 25.6 Å². The summed E-state index contributed by atoms with van der Waals surface area (Å²) in [4.78, 5) is 35.1. The quantitative estimate of drug-likeness (QED) is 0.165. The number of nitriles is 1. The van der Waals surface area contributed by atoms with Gasteiger partial charge in [-0.3, -0.25) is 0 Å². The maximum absolute atomic E-state index is 11.4. The van der Waals surface area contributed by atoms with Crippen LogP contribution in [0.5, 0.6) is 0 Å². The highest BCUT2D eigenvalue weighted by atomic mass is 16.7. The Bertz CT molecular complexity index is 1080. The zero-order valence-electron chi connectivity index (χ0n) is 21.7. The zero-order chi connectivity index (χ0) is 29.2. The van der Waals surface area contributed by atoms with Crippen molar-refractivity contribution in [2.24, 2.45) is 0 Å². The fourth-order valence-electron chi connectivity index (χ4n) is 3.31. The second kappa shape index (κ2) is 17.8. The van der Waals surface area contributed by atoms with Crippen LogP contribution in [0.15, 0.2) is 30.6 Å². The summed E-state index contributed by atoms with van der Waals surface area (Å²) >= 11 is 0. The van der Waals surface area contributed by atoms with Gasteiger partial charge in [0.1, 0.15) is 24.6 Å². The number of carbonyl (C=O) groups excluding carboxylic acids is 1. The molecule has 1 fully saturated rings. The predicted molar refractivity (Wildman–Crippen MR) is 135 cm³/mol. The smallest absolute Gasteiger partial charge is 0.450 e. The molecule has 2 atom stereocenters. The Hall–Kier alpha value is -4.58. The summed E-state index contributed by atoms with van der Waals surface area (Å²) in [6.45, 7) is 7.43. The lowest BCUT2D eigenvalue weighted by Gasteiger charge is -2.14. The third-order valence-corrected chi connectivity index (χ3v) is 4.85. The lowest BCUT2D eigenvalue weighted by atomic mass is 10.1.